The van der Waals surface area contributed by atoms with Crippen molar-refractivity contribution in [2.45, 2.75) is 77.9 Å². The van der Waals surface area contributed by atoms with Crippen LogP contribution in [0.15, 0.2) is 11.1 Å². The van der Waals surface area contributed by atoms with E-state index in [1.807, 2.05) is 0 Å². The van der Waals surface area contributed by atoms with E-state index in [1.165, 1.54) is 44.9 Å². The van der Waals surface area contributed by atoms with Crippen molar-refractivity contribution in [1.82, 2.24) is 5.32 Å². The third-order valence-electron chi connectivity index (χ3n) is 4.72. The molecular formula is C17H31NO. The number of ether oxygens (including phenoxy) is 1. The van der Waals surface area contributed by atoms with Crippen LogP contribution < -0.4 is 5.32 Å². The highest BCUT2D eigenvalue weighted by Gasteiger charge is 2.26. The second-order valence-electron chi connectivity index (χ2n) is 6.57. The summed E-state index contributed by atoms with van der Waals surface area (Å²) >= 11 is 0. The SMILES string of the molecule is CCC1CCC2=C(CCC(OCCNC(C)C)C2)C1. The Kier molecular flexibility index (Phi) is 5.90. The molecule has 110 valence electrons. The van der Waals surface area contributed by atoms with Gasteiger partial charge in [-0.1, -0.05) is 38.3 Å². The van der Waals surface area contributed by atoms with Crippen LogP contribution in [0, 0.1) is 5.92 Å². The van der Waals surface area contributed by atoms with E-state index in [-0.39, 0.29) is 0 Å². The van der Waals surface area contributed by atoms with Gasteiger partial charge in [0.15, 0.2) is 0 Å². The first-order valence-electron chi connectivity index (χ1n) is 8.23. The Morgan fingerprint density at radius 2 is 1.89 bits per heavy atom. The van der Waals surface area contributed by atoms with Gasteiger partial charge in [0, 0.05) is 12.6 Å². The molecule has 0 aromatic carbocycles. The largest absolute Gasteiger partial charge is 0.377 e. The lowest BCUT2D eigenvalue weighted by Gasteiger charge is -2.33. The topological polar surface area (TPSA) is 21.3 Å². The lowest BCUT2D eigenvalue weighted by molar-refractivity contribution is 0.0432. The van der Waals surface area contributed by atoms with Crippen molar-refractivity contribution in [2.75, 3.05) is 13.2 Å². The highest BCUT2D eigenvalue weighted by Crippen LogP contribution is 2.39. The van der Waals surface area contributed by atoms with Gasteiger partial charge in [-0.05, 0) is 44.4 Å². The minimum Gasteiger partial charge on any atom is -0.377 e. The molecule has 0 aromatic rings. The van der Waals surface area contributed by atoms with Gasteiger partial charge in [-0.3, -0.25) is 0 Å². The first-order valence-corrected chi connectivity index (χ1v) is 8.23. The molecular weight excluding hydrogens is 234 g/mol. The molecule has 2 rings (SSSR count). The molecule has 1 N–H and O–H groups in total. The summed E-state index contributed by atoms with van der Waals surface area (Å²) in [5.74, 6) is 0.964. The van der Waals surface area contributed by atoms with Gasteiger partial charge >= 0.3 is 0 Å². The van der Waals surface area contributed by atoms with Crippen LogP contribution in [0.5, 0.6) is 0 Å². The Labute approximate surface area is 119 Å². The fourth-order valence-electron chi connectivity index (χ4n) is 3.45. The van der Waals surface area contributed by atoms with Crippen LogP contribution >= 0.6 is 0 Å². The Balaban J connectivity index is 1.72. The van der Waals surface area contributed by atoms with Crippen LogP contribution in [0.1, 0.15) is 65.7 Å². The predicted molar refractivity (Wildman–Crippen MR) is 81.4 cm³/mol. The second-order valence-corrected chi connectivity index (χ2v) is 6.57. The standard InChI is InChI=1S/C17H31NO/c1-4-14-5-6-16-12-17(8-7-15(16)11-14)19-10-9-18-13(2)3/h13-14,17-18H,4-12H2,1-3H3. The van der Waals surface area contributed by atoms with Crippen LogP contribution in [0.4, 0.5) is 0 Å². The van der Waals surface area contributed by atoms with E-state index in [0.717, 1.165) is 19.1 Å². The molecule has 2 unspecified atom stereocenters. The highest BCUT2D eigenvalue weighted by molar-refractivity contribution is 5.21. The van der Waals surface area contributed by atoms with Crippen molar-refractivity contribution in [3.8, 4) is 0 Å². The monoisotopic (exact) mass is 265 g/mol. The molecule has 0 amide bonds. The van der Waals surface area contributed by atoms with Crippen molar-refractivity contribution in [3.05, 3.63) is 11.1 Å². The smallest absolute Gasteiger partial charge is 0.0616 e. The molecule has 19 heavy (non-hydrogen) atoms. The van der Waals surface area contributed by atoms with Gasteiger partial charge in [-0.2, -0.15) is 0 Å². The summed E-state index contributed by atoms with van der Waals surface area (Å²) in [5.41, 5.74) is 3.54. The molecule has 0 bridgehead atoms. The lowest BCUT2D eigenvalue weighted by atomic mass is 9.76. The van der Waals surface area contributed by atoms with Crippen molar-refractivity contribution in [2.24, 2.45) is 5.92 Å². The molecule has 0 spiro atoms. The molecule has 2 atom stereocenters. The highest BCUT2D eigenvalue weighted by atomic mass is 16.5. The van der Waals surface area contributed by atoms with E-state index in [0.29, 0.717) is 12.1 Å². The van der Waals surface area contributed by atoms with Gasteiger partial charge in [0.25, 0.3) is 0 Å². The first kappa shape index (κ1) is 15.1. The van der Waals surface area contributed by atoms with Crippen LogP contribution in [-0.4, -0.2) is 25.3 Å². The van der Waals surface area contributed by atoms with E-state index in [2.05, 4.69) is 26.1 Å². The van der Waals surface area contributed by atoms with Gasteiger partial charge in [0.1, 0.15) is 0 Å². The Hall–Kier alpha value is -0.340. The molecule has 0 aliphatic heterocycles. The summed E-state index contributed by atoms with van der Waals surface area (Å²) in [6, 6.07) is 0.564. The quantitative estimate of drug-likeness (QED) is 0.577. The third-order valence-corrected chi connectivity index (χ3v) is 4.72. The summed E-state index contributed by atoms with van der Waals surface area (Å²) in [6.45, 7) is 8.56. The molecule has 0 saturated carbocycles. The Morgan fingerprint density at radius 3 is 2.63 bits per heavy atom. The molecule has 0 aromatic heterocycles. The fourth-order valence-corrected chi connectivity index (χ4v) is 3.45. The zero-order valence-corrected chi connectivity index (χ0v) is 13.0. The minimum absolute atomic E-state index is 0.492. The number of rotatable bonds is 6. The molecule has 0 radical (unpaired) electrons. The molecule has 2 aliphatic rings. The van der Waals surface area contributed by atoms with Crippen molar-refractivity contribution in [3.63, 3.8) is 0 Å². The van der Waals surface area contributed by atoms with E-state index in [1.54, 1.807) is 11.1 Å². The normalized spacial score (nSPS) is 27.8. The van der Waals surface area contributed by atoms with Crippen LogP contribution in [0.3, 0.4) is 0 Å². The molecule has 2 aliphatic carbocycles. The Morgan fingerprint density at radius 1 is 1.16 bits per heavy atom. The zero-order valence-electron chi connectivity index (χ0n) is 13.0. The predicted octanol–water partition coefficient (Wildman–Crippen LogP) is 4.06. The second kappa shape index (κ2) is 7.44. The van der Waals surface area contributed by atoms with Gasteiger partial charge < -0.3 is 10.1 Å². The minimum atomic E-state index is 0.492. The summed E-state index contributed by atoms with van der Waals surface area (Å²) < 4.78 is 6.04. The Bertz CT molecular complexity index is 308. The van der Waals surface area contributed by atoms with Gasteiger partial charge in [-0.15, -0.1) is 0 Å². The number of hydrogen-bond donors (Lipinski definition) is 1. The summed E-state index contributed by atoms with van der Waals surface area (Å²) in [6.07, 6.45) is 9.75. The van der Waals surface area contributed by atoms with E-state index in [4.69, 9.17) is 4.74 Å². The maximum absolute atomic E-state index is 6.04. The number of hydrogen-bond acceptors (Lipinski definition) is 2. The molecule has 0 saturated heterocycles. The van der Waals surface area contributed by atoms with E-state index in [9.17, 15) is 0 Å². The lowest BCUT2D eigenvalue weighted by Crippen LogP contribution is -2.30. The van der Waals surface area contributed by atoms with Gasteiger partial charge in [0.05, 0.1) is 12.7 Å². The maximum Gasteiger partial charge on any atom is 0.0616 e. The summed E-state index contributed by atoms with van der Waals surface area (Å²) in [5, 5.41) is 3.42. The van der Waals surface area contributed by atoms with Crippen LogP contribution in [0.2, 0.25) is 0 Å². The zero-order chi connectivity index (χ0) is 13.7. The molecule has 0 heterocycles. The van der Waals surface area contributed by atoms with Crippen molar-refractivity contribution >= 4 is 0 Å². The summed E-state index contributed by atoms with van der Waals surface area (Å²) in [4.78, 5) is 0. The molecule has 2 nitrogen and oxygen atoms in total. The van der Waals surface area contributed by atoms with Crippen LogP contribution in [0.25, 0.3) is 0 Å². The first-order chi connectivity index (χ1) is 9.19. The fraction of sp³-hybridized carbons (Fsp3) is 0.882. The van der Waals surface area contributed by atoms with E-state index >= 15 is 0 Å². The van der Waals surface area contributed by atoms with Gasteiger partial charge in [0.2, 0.25) is 0 Å². The average Bonchev–Trinajstić information content (AvgIpc) is 2.42. The number of allylic oxidation sites excluding steroid dienone is 1. The van der Waals surface area contributed by atoms with Crippen molar-refractivity contribution in [1.29, 1.82) is 0 Å². The van der Waals surface area contributed by atoms with Crippen molar-refractivity contribution < 1.29 is 4.74 Å². The van der Waals surface area contributed by atoms with Gasteiger partial charge in [-0.25, -0.2) is 0 Å². The van der Waals surface area contributed by atoms with E-state index < -0.39 is 0 Å². The summed E-state index contributed by atoms with van der Waals surface area (Å²) in [7, 11) is 0. The third kappa shape index (κ3) is 4.61. The van der Waals surface area contributed by atoms with Crippen LogP contribution in [-0.2, 0) is 4.74 Å². The maximum atomic E-state index is 6.04. The number of nitrogens with one attached hydrogen (secondary N) is 1. The average molecular weight is 265 g/mol. The molecule has 0 fully saturated rings. The molecule has 2 heteroatoms.